The molecule has 8 unspecified atom stereocenters. The number of esters is 1. The number of halogens is 3. The number of rotatable bonds is 19. The molecule has 0 aliphatic carbocycles. The minimum atomic E-state index is -5.08. The predicted octanol–water partition coefficient (Wildman–Crippen LogP) is -0.629. The largest absolute Gasteiger partial charge is 0.490 e. The number of aliphatic carboxylic acids is 1. The fourth-order valence-electron chi connectivity index (χ4n) is 7.94. The van der Waals surface area contributed by atoms with E-state index >= 15 is 0 Å². The summed E-state index contributed by atoms with van der Waals surface area (Å²) in [5, 5.41) is 57.2. The summed E-state index contributed by atoms with van der Waals surface area (Å²) in [6.07, 6.45) is -5.55. The summed E-state index contributed by atoms with van der Waals surface area (Å²) in [6.45, 7) is 1.25. The number of carbonyl (C=O) groups excluding carboxylic acids is 8. The van der Waals surface area contributed by atoms with Crippen LogP contribution in [0.4, 0.5) is 13.2 Å². The van der Waals surface area contributed by atoms with Crippen molar-refractivity contribution in [2.75, 3.05) is 31.3 Å². The van der Waals surface area contributed by atoms with Gasteiger partial charge in [-0.1, -0.05) is 100 Å². The first-order valence-electron chi connectivity index (χ1n) is 25.8. The van der Waals surface area contributed by atoms with Gasteiger partial charge in [0, 0.05) is 41.4 Å². The molecule has 4 aromatic rings. The number of unbranched alkanes of at least 4 members (excludes halogenated alkanes) is 1. The lowest BCUT2D eigenvalue weighted by Crippen LogP contribution is -2.62. The Hall–Kier alpha value is -7.28. The molecular weight excluding hydrogens is 1120 g/mol. The number of H-pyrrole nitrogens is 1. The van der Waals surface area contributed by atoms with Gasteiger partial charge in [-0.3, -0.25) is 33.6 Å². The number of carbonyl (C=O) groups is 9. The second-order valence-corrected chi connectivity index (χ2v) is 21.5. The van der Waals surface area contributed by atoms with Crippen LogP contribution in [-0.2, 0) is 67.2 Å². The molecule has 1 saturated heterocycles. The number of aliphatic hydroxyl groups is 3. The average Bonchev–Trinajstić information content (AvgIpc) is 4.04. The van der Waals surface area contributed by atoms with Gasteiger partial charge in [0.1, 0.15) is 49.5 Å². The molecule has 0 radical (unpaired) electrons. The number of fused-ring (bicyclic) bond motifs is 1. The maximum Gasteiger partial charge on any atom is 0.490 e. The van der Waals surface area contributed by atoms with Gasteiger partial charge in [-0.15, -0.1) is 0 Å². The molecule has 2 heterocycles. The topological polar surface area (TPSA) is 396 Å². The molecule has 0 bridgehead atoms. The Labute approximate surface area is 477 Å². The number of nitrogens with one attached hydrogen (secondary N) is 8. The second kappa shape index (κ2) is 33.6. The molecule has 29 heteroatoms. The average molecular weight is 1190 g/mol. The van der Waals surface area contributed by atoms with E-state index in [2.05, 4.69) is 42.2 Å². The normalized spacial score (nSPS) is 21.2. The van der Waals surface area contributed by atoms with Crippen molar-refractivity contribution in [1.29, 1.82) is 0 Å². The third-order valence-electron chi connectivity index (χ3n) is 12.4. The summed E-state index contributed by atoms with van der Waals surface area (Å²) in [4.78, 5) is 124. The summed E-state index contributed by atoms with van der Waals surface area (Å²) in [5.41, 5.74) is 15.0. The number of aromatic nitrogens is 1. The van der Waals surface area contributed by atoms with Gasteiger partial charge in [0.25, 0.3) is 0 Å². The Kier molecular flexibility index (Phi) is 27.5. The SMILES string of the molecule is C[C@@H](O)C(COC(=O)CO)NC(=O)C1CSSCC(NC(=O)C(N)Cc2ccccc2)C(=O)NC(Cc2ccccc2)C(=O)NC(Cc2c[nH]c3ccccc23)C(=O)NC(CCCCN)C(=O)NC([C@@H](C)O)C(=O)N1.O=C(O)C(F)(F)F. The minimum Gasteiger partial charge on any atom is -0.475 e. The Balaban J connectivity index is 0.00000193. The lowest BCUT2D eigenvalue weighted by Gasteiger charge is -2.29. The number of benzene rings is 3. The van der Waals surface area contributed by atoms with Gasteiger partial charge in [-0.2, -0.15) is 13.2 Å². The van der Waals surface area contributed by atoms with Crippen LogP contribution in [0.2, 0.25) is 0 Å². The van der Waals surface area contributed by atoms with Gasteiger partial charge in [0.15, 0.2) is 0 Å². The molecule has 1 aliphatic heterocycles. The van der Waals surface area contributed by atoms with Crippen LogP contribution < -0.4 is 48.7 Å². The predicted molar refractivity (Wildman–Crippen MR) is 297 cm³/mol. The first-order valence-corrected chi connectivity index (χ1v) is 28.3. The van der Waals surface area contributed by atoms with Gasteiger partial charge in [0.2, 0.25) is 41.4 Å². The fraction of sp³-hybridized carbons (Fsp3) is 0.453. The van der Waals surface area contributed by atoms with E-state index in [9.17, 15) is 61.7 Å². The Bertz CT molecular complexity index is 2760. The van der Waals surface area contributed by atoms with Crippen molar-refractivity contribution in [3.63, 3.8) is 0 Å². The molecular formula is C53H69F3N10O14S2. The number of carboxylic acid groups (broad SMARTS) is 1. The summed E-state index contributed by atoms with van der Waals surface area (Å²) in [5.74, 6) is -10.2. The first-order chi connectivity index (χ1) is 38.9. The Morgan fingerprint density at radius 3 is 1.90 bits per heavy atom. The highest BCUT2D eigenvalue weighted by molar-refractivity contribution is 8.76. The number of hydrogen-bond acceptors (Lipinski definition) is 17. The van der Waals surface area contributed by atoms with Crippen molar-refractivity contribution in [2.24, 2.45) is 11.5 Å². The van der Waals surface area contributed by atoms with E-state index in [1.54, 1.807) is 60.8 Å². The number of hydrogen-bond donors (Lipinski definition) is 14. The number of aliphatic hydroxyl groups excluding tert-OH is 3. The standard InChI is InChI=1S/C51H68N10O12S2.C2HF3O2/c1-29(63)40(26-73-43(65)25-62)58-50(71)42-28-75-74-27-41(59-45(66)35(53)21-31-13-5-3-6-14-31)49(70)56-38(22-32-15-7-4-8-16-32)47(68)57-39(23-33-24-54-36-18-10-9-17-34(33)36)48(69)55-37(19-11-12-20-52)46(67)61-44(30(2)64)51(72)60-42;3-2(4,5)1(6)7/h3-10,13-18,24,29-30,35,37-42,44,54,62-64H,11-12,19-23,25-28,52-53H2,1-2H3,(H,55,69)(H,56,70)(H,57,68)(H,58,71)(H,59,66)(H,60,72)(H,61,67);(H,6,7)/t29-,30-,35?,37?,38?,39?,40?,41?,42?,44?;/m1./s1. The Morgan fingerprint density at radius 1 is 0.744 bits per heavy atom. The third-order valence-corrected chi connectivity index (χ3v) is 14.9. The number of amides is 7. The highest BCUT2D eigenvalue weighted by Gasteiger charge is 2.39. The van der Waals surface area contributed by atoms with E-state index in [0.29, 0.717) is 24.0 Å². The lowest BCUT2D eigenvalue weighted by molar-refractivity contribution is -0.192. The molecule has 82 heavy (non-hydrogen) atoms. The molecule has 5 rings (SSSR count). The summed E-state index contributed by atoms with van der Waals surface area (Å²) in [6, 6.07) is 14.0. The zero-order valence-corrected chi connectivity index (χ0v) is 46.3. The van der Waals surface area contributed by atoms with E-state index in [4.69, 9.17) is 31.2 Å². The van der Waals surface area contributed by atoms with Crippen LogP contribution in [0.25, 0.3) is 10.9 Å². The van der Waals surface area contributed by atoms with Crippen molar-refractivity contribution in [3.05, 3.63) is 108 Å². The number of nitrogens with two attached hydrogens (primary N) is 2. The molecule has 1 fully saturated rings. The van der Waals surface area contributed by atoms with Crippen LogP contribution in [-0.4, -0.2) is 177 Å². The molecule has 3 aromatic carbocycles. The zero-order chi connectivity index (χ0) is 60.5. The fourth-order valence-corrected chi connectivity index (χ4v) is 10.3. The van der Waals surface area contributed by atoms with Crippen molar-refractivity contribution < 1.29 is 81.5 Å². The van der Waals surface area contributed by atoms with Crippen LogP contribution >= 0.6 is 21.6 Å². The van der Waals surface area contributed by atoms with E-state index < -0.39 is 133 Å². The van der Waals surface area contributed by atoms with E-state index in [1.807, 2.05) is 30.3 Å². The Morgan fingerprint density at radius 2 is 1.30 bits per heavy atom. The van der Waals surface area contributed by atoms with Crippen LogP contribution in [0, 0.1) is 0 Å². The molecule has 448 valence electrons. The van der Waals surface area contributed by atoms with Gasteiger partial charge in [0.05, 0.1) is 24.3 Å². The van der Waals surface area contributed by atoms with Crippen LogP contribution in [0.5, 0.6) is 0 Å². The second-order valence-electron chi connectivity index (χ2n) is 18.9. The van der Waals surface area contributed by atoms with Gasteiger partial charge < -0.3 is 78.8 Å². The molecule has 24 nitrogen and oxygen atoms in total. The molecule has 0 saturated carbocycles. The molecule has 1 aliphatic rings. The van der Waals surface area contributed by atoms with Gasteiger partial charge in [-0.25, -0.2) is 9.59 Å². The molecule has 16 N–H and O–H groups in total. The number of aromatic amines is 1. The number of ether oxygens (including phenoxy) is 1. The van der Waals surface area contributed by atoms with Gasteiger partial charge in [-0.05, 0) is 68.8 Å². The summed E-state index contributed by atoms with van der Waals surface area (Å²) in [7, 11) is 1.98. The molecule has 1 aromatic heterocycles. The molecule has 10 atom stereocenters. The van der Waals surface area contributed by atoms with Crippen molar-refractivity contribution in [1.82, 2.24) is 42.2 Å². The molecule has 7 amide bonds. The number of alkyl halides is 3. The van der Waals surface area contributed by atoms with Crippen LogP contribution in [0.15, 0.2) is 91.1 Å². The maximum atomic E-state index is 14.8. The lowest BCUT2D eigenvalue weighted by atomic mass is 10.0. The van der Waals surface area contributed by atoms with Crippen LogP contribution in [0.1, 0.15) is 49.8 Å². The van der Waals surface area contributed by atoms with E-state index in [0.717, 1.165) is 38.1 Å². The first kappa shape index (κ1) is 67.2. The highest BCUT2D eigenvalue weighted by Crippen LogP contribution is 2.25. The quantitative estimate of drug-likeness (QED) is 0.0316. The number of para-hydroxylation sites is 1. The minimum absolute atomic E-state index is 0.00591. The highest BCUT2D eigenvalue weighted by atomic mass is 33.1. The van der Waals surface area contributed by atoms with Gasteiger partial charge >= 0.3 is 18.1 Å². The van der Waals surface area contributed by atoms with Crippen molar-refractivity contribution in [3.8, 4) is 0 Å². The van der Waals surface area contributed by atoms with Crippen molar-refractivity contribution in [2.45, 2.75) is 119 Å². The third kappa shape index (κ3) is 22.2. The van der Waals surface area contributed by atoms with Crippen LogP contribution in [0.3, 0.4) is 0 Å². The number of carboxylic acids is 1. The summed E-state index contributed by atoms with van der Waals surface area (Å²) < 4.78 is 36.7. The maximum absolute atomic E-state index is 14.8. The molecule has 0 spiro atoms. The van der Waals surface area contributed by atoms with E-state index in [-0.39, 0.29) is 43.7 Å². The monoisotopic (exact) mass is 1190 g/mol. The van der Waals surface area contributed by atoms with E-state index in [1.165, 1.54) is 13.8 Å². The van der Waals surface area contributed by atoms with Crippen molar-refractivity contribution >= 4 is 85.8 Å². The summed E-state index contributed by atoms with van der Waals surface area (Å²) >= 11 is 0. The zero-order valence-electron chi connectivity index (χ0n) is 44.7. The smallest absolute Gasteiger partial charge is 0.475 e.